The zero-order chi connectivity index (χ0) is 30.6. The molecule has 224 valence electrons. The van der Waals surface area contributed by atoms with Crippen LogP contribution in [0.25, 0.3) is 16.3 Å². The fourth-order valence-electron chi connectivity index (χ4n) is 5.55. The zero-order valence-corrected chi connectivity index (χ0v) is 27.5. The number of allylic oxidation sites excluding steroid dienone is 6. The fourth-order valence-corrected chi connectivity index (χ4v) is 8.19. The Morgan fingerprint density at radius 3 is 2.74 bits per heavy atom. The minimum Gasteiger partial charge on any atom is -0.481 e. The maximum Gasteiger partial charge on any atom is 0.303 e. The van der Waals surface area contributed by atoms with Crippen molar-refractivity contribution in [2.45, 2.75) is 49.3 Å². The number of nitrogens with one attached hydrogen (secondary N) is 1. The summed E-state index contributed by atoms with van der Waals surface area (Å²) >= 11 is 5.28. The van der Waals surface area contributed by atoms with E-state index in [1.165, 1.54) is 36.2 Å². The summed E-state index contributed by atoms with van der Waals surface area (Å²) in [7, 11) is 2.12. The molecule has 2 aliphatic rings. The van der Waals surface area contributed by atoms with Crippen LogP contribution in [0, 0.1) is 5.41 Å². The average Bonchev–Trinajstić information content (AvgIpc) is 3.47. The number of amides is 1. The highest BCUT2D eigenvalue weighted by atomic mass is 32.2. The second-order valence-electron chi connectivity index (χ2n) is 11.6. The average molecular weight is 633 g/mol. The van der Waals surface area contributed by atoms with Crippen molar-refractivity contribution in [2.24, 2.45) is 12.5 Å². The number of hydrogen-bond acceptors (Lipinski definition) is 6. The van der Waals surface area contributed by atoms with Gasteiger partial charge in [0.2, 0.25) is 11.4 Å². The molecule has 0 saturated carbocycles. The van der Waals surface area contributed by atoms with Gasteiger partial charge in [0, 0.05) is 41.4 Å². The first kappa shape index (κ1) is 31.2. The summed E-state index contributed by atoms with van der Waals surface area (Å²) in [5.41, 5.74) is 5.13. The number of carboxylic acid groups (broad SMARTS) is 1. The van der Waals surface area contributed by atoms with Gasteiger partial charge < -0.3 is 15.3 Å². The number of hydrogen-bond donors (Lipinski definition) is 2. The first-order chi connectivity index (χ1) is 20.6. The largest absolute Gasteiger partial charge is 0.481 e. The number of nitrogens with zero attached hydrogens (tertiary/aromatic N) is 2. The summed E-state index contributed by atoms with van der Waals surface area (Å²) in [6, 6.07) is 15.0. The molecule has 0 bridgehead atoms. The lowest BCUT2D eigenvalue weighted by molar-refractivity contribution is -0.642. The highest BCUT2D eigenvalue weighted by molar-refractivity contribution is 8.03. The number of carbonyl (C=O) groups excluding carboxylic acids is 1. The molecular formula is C34H38N3O3S3+. The summed E-state index contributed by atoms with van der Waals surface area (Å²) in [6.45, 7) is 5.70. The van der Waals surface area contributed by atoms with E-state index in [0.717, 1.165) is 23.6 Å². The molecule has 0 saturated heterocycles. The van der Waals surface area contributed by atoms with Crippen LogP contribution in [-0.2, 0) is 16.6 Å². The molecule has 2 N–H and O–H groups in total. The number of thioether (sulfide) groups is 2. The standard InChI is InChI=1S/C34H37N3O3S3/c1-34(2)21-23(8-7-11-31-36(3)26-9-5-6-10-28(26)42-31)18-24(22-34)19-32-37(17-16-35-30(38)14-15-33(39)40)27-20-25(41-4)12-13-29(27)43-32/h5-13,18-20H,14-17,21-22H2,1-4H3,(H-,35,38,39,40)/p+1. The van der Waals surface area contributed by atoms with Crippen molar-refractivity contribution in [2.75, 3.05) is 24.2 Å². The van der Waals surface area contributed by atoms with Crippen molar-refractivity contribution >= 4 is 68.7 Å². The van der Waals surface area contributed by atoms with E-state index in [0.29, 0.717) is 13.1 Å². The molecule has 1 aromatic heterocycles. The smallest absolute Gasteiger partial charge is 0.303 e. The monoisotopic (exact) mass is 632 g/mol. The molecule has 5 rings (SSSR count). The summed E-state index contributed by atoms with van der Waals surface area (Å²) in [4.78, 5) is 27.7. The lowest BCUT2D eigenvalue weighted by atomic mass is 9.75. The minimum atomic E-state index is -0.962. The highest BCUT2D eigenvalue weighted by Crippen LogP contribution is 2.48. The van der Waals surface area contributed by atoms with E-state index in [9.17, 15) is 9.59 Å². The highest BCUT2D eigenvalue weighted by Gasteiger charge is 2.29. The third kappa shape index (κ3) is 7.82. The summed E-state index contributed by atoms with van der Waals surface area (Å²) in [6.07, 6.45) is 15.2. The Kier molecular flexibility index (Phi) is 9.84. The van der Waals surface area contributed by atoms with Gasteiger partial charge in [-0.15, -0.1) is 11.8 Å². The molecule has 6 nitrogen and oxygen atoms in total. The van der Waals surface area contributed by atoms with E-state index in [4.69, 9.17) is 5.11 Å². The third-order valence-electron chi connectivity index (χ3n) is 7.53. The molecule has 0 unspecified atom stereocenters. The fraction of sp³-hybridized carbons (Fsp3) is 0.324. The van der Waals surface area contributed by atoms with Crippen molar-refractivity contribution in [1.82, 2.24) is 5.32 Å². The second-order valence-corrected chi connectivity index (χ2v) is 14.6. The van der Waals surface area contributed by atoms with Gasteiger partial charge in [0.1, 0.15) is 11.7 Å². The van der Waals surface area contributed by atoms with Crippen molar-refractivity contribution in [1.29, 1.82) is 0 Å². The van der Waals surface area contributed by atoms with Gasteiger partial charge in [-0.3, -0.25) is 9.59 Å². The summed E-state index contributed by atoms with van der Waals surface area (Å²) in [5.74, 6) is -1.20. The maximum atomic E-state index is 12.2. The molecule has 2 heterocycles. The number of fused-ring (bicyclic) bond motifs is 2. The van der Waals surface area contributed by atoms with Crippen LogP contribution >= 0.6 is 34.9 Å². The topological polar surface area (TPSA) is 73.5 Å². The van der Waals surface area contributed by atoms with Crippen LogP contribution in [0.15, 0.2) is 92.7 Å². The molecule has 43 heavy (non-hydrogen) atoms. The van der Waals surface area contributed by atoms with Crippen LogP contribution in [0.5, 0.6) is 0 Å². The van der Waals surface area contributed by atoms with Crippen LogP contribution < -0.4 is 14.8 Å². The van der Waals surface area contributed by atoms with Crippen molar-refractivity contribution in [3.8, 4) is 0 Å². The Morgan fingerprint density at radius 1 is 1.16 bits per heavy atom. The molecule has 3 aromatic rings. The number of aliphatic carboxylic acids is 1. The molecule has 0 fully saturated rings. The number of thiazole rings is 1. The molecule has 1 aliphatic heterocycles. The number of carboxylic acids is 1. The number of benzene rings is 2. The summed E-state index contributed by atoms with van der Waals surface area (Å²) < 4.78 is 3.53. The third-order valence-corrected chi connectivity index (χ3v) is 10.5. The number of para-hydroxylation sites is 1. The quantitative estimate of drug-likeness (QED) is 0.178. The summed E-state index contributed by atoms with van der Waals surface area (Å²) in [5, 5.41) is 14.1. The van der Waals surface area contributed by atoms with Crippen LogP contribution in [0.4, 0.5) is 5.69 Å². The minimum absolute atomic E-state index is 0.00726. The Labute approximate surface area is 266 Å². The molecule has 9 heteroatoms. The van der Waals surface area contributed by atoms with Gasteiger partial charge in [0.25, 0.3) is 5.01 Å². The van der Waals surface area contributed by atoms with E-state index >= 15 is 0 Å². The molecule has 2 aromatic carbocycles. The molecule has 0 atom stereocenters. The number of rotatable bonds is 10. The van der Waals surface area contributed by atoms with Crippen molar-refractivity contribution < 1.29 is 19.3 Å². The van der Waals surface area contributed by atoms with Crippen LogP contribution in [0.1, 0.15) is 44.5 Å². The zero-order valence-electron chi connectivity index (χ0n) is 25.1. The number of aryl methyl sites for hydroxylation is 1. The normalized spacial score (nSPS) is 18.0. The first-order valence-electron chi connectivity index (χ1n) is 14.4. The van der Waals surface area contributed by atoms with Crippen LogP contribution in [0.2, 0.25) is 0 Å². The van der Waals surface area contributed by atoms with Gasteiger partial charge in [0.05, 0.1) is 17.1 Å². The Bertz CT molecular complexity index is 1670. The molecular weight excluding hydrogens is 595 g/mol. The Balaban J connectivity index is 1.38. The maximum absolute atomic E-state index is 12.2. The molecule has 0 spiro atoms. The van der Waals surface area contributed by atoms with Crippen molar-refractivity contribution in [3.63, 3.8) is 0 Å². The van der Waals surface area contributed by atoms with Gasteiger partial charge in [-0.25, -0.2) is 0 Å². The predicted molar refractivity (Wildman–Crippen MR) is 181 cm³/mol. The first-order valence-corrected chi connectivity index (χ1v) is 17.3. The lowest BCUT2D eigenvalue weighted by Gasteiger charge is -2.31. The molecule has 0 radical (unpaired) electrons. The Morgan fingerprint density at radius 2 is 1.98 bits per heavy atom. The van der Waals surface area contributed by atoms with E-state index in [1.807, 2.05) is 0 Å². The predicted octanol–water partition coefficient (Wildman–Crippen LogP) is 7.57. The van der Waals surface area contributed by atoms with Gasteiger partial charge in [-0.1, -0.05) is 67.3 Å². The van der Waals surface area contributed by atoms with Crippen LogP contribution in [0.3, 0.4) is 0 Å². The van der Waals surface area contributed by atoms with Crippen molar-refractivity contribution in [3.05, 3.63) is 88.0 Å². The second kappa shape index (κ2) is 13.6. The van der Waals surface area contributed by atoms with Gasteiger partial charge in [-0.05, 0) is 66.0 Å². The number of carbonyl (C=O) groups is 2. The molecule has 1 amide bonds. The van der Waals surface area contributed by atoms with E-state index in [2.05, 4.69) is 115 Å². The van der Waals surface area contributed by atoms with Gasteiger partial charge in [-0.2, -0.15) is 4.57 Å². The van der Waals surface area contributed by atoms with Crippen LogP contribution in [-0.4, -0.2) is 36.3 Å². The van der Waals surface area contributed by atoms with E-state index in [1.54, 1.807) is 34.9 Å². The lowest BCUT2D eigenvalue weighted by Crippen LogP contribution is -2.33. The number of aromatic nitrogens is 1. The number of anilines is 1. The van der Waals surface area contributed by atoms with E-state index < -0.39 is 5.97 Å². The Hall–Kier alpha value is -3.27. The van der Waals surface area contributed by atoms with Gasteiger partial charge >= 0.3 is 5.97 Å². The SMILES string of the molecule is CSc1ccc2c(c1)N(CCNC(=O)CCC(=O)O)/C(=C/C1=CC(=C/C=C/c3sc4ccccc4[n+]3C)/CC(C)(C)C1)S2. The molecule has 1 aliphatic carbocycles. The van der Waals surface area contributed by atoms with E-state index in [-0.39, 0.29) is 24.2 Å². The van der Waals surface area contributed by atoms with Gasteiger partial charge in [0.15, 0.2) is 0 Å².